The maximum absolute atomic E-state index is 5.27. The predicted octanol–water partition coefficient (Wildman–Crippen LogP) is 3.10. The molecule has 0 spiro atoms. The van der Waals surface area contributed by atoms with E-state index < -0.39 is 0 Å². The smallest absolute Gasteiger partial charge is 0.187 e. The maximum Gasteiger partial charge on any atom is 0.187 e. The number of hydrogen-bond acceptors (Lipinski definition) is 4. The summed E-state index contributed by atoms with van der Waals surface area (Å²) in [7, 11) is 0. The van der Waals surface area contributed by atoms with Gasteiger partial charge in [-0.15, -0.1) is 13.2 Å². The third-order valence-electron chi connectivity index (χ3n) is 3.67. The Morgan fingerprint density at radius 2 is 1.07 bits per heavy atom. The molecule has 2 aromatic carbocycles. The summed E-state index contributed by atoms with van der Waals surface area (Å²) in [5.41, 5.74) is 8.69. The number of hydrazone groups is 2. The molecule has 0 radical (unpaired) electrons. The molecule has 4 N–H and O–H groups in total. The highest BCUT2D eigenvalue weighted by atomic mass is 32.1. The van der Waals surface area contributed by atoms with Crippen LogP contribution in [0, 0.1) is 0 Å². The van der Waals surface area contributed by atoms with Crippen LogP contribution in [-0.2, 0) is 0 Å². The largest absolute Gasteiger partial charge is 0.358 e. The standard InChI is InChI=1S/C22H24N6S2/c1-3-15-23-21(29)27-25-19(17-11-7-5-8-12-17)20(18-13-9-6-10-14-18)26-28-22(30)24-16-4-2/h3-14H,1-2,15-16H2,(H2,23,27,29)(H2,24,28,30)/b25-19+,26-20+. The molecule has 0 saturated carbocycles. The highest BCUT2D eigenvalue weighted by molar-refractivity contribution is 7.80. The zero-order valence-corrected chi connectivity index (χ0v) is 18.1. The lowest BCUT2D eigenvalue weighted by atomic mass is 10.00. The summed E-state index contributed by atoms with van der Waals surface area (Å²) >= 11 is 10.5. The summed E-state index contributed by atoms with van der Waals surface area (Å²) in [5.74, 6) is 0. The zero-order chi connectivity index (χ0) is 21.6. The minimum absolute atomic E-state index is 0.381. The van der Waals surface area contributed by atoms with Crippen LogP contribution in [0.4, 0.5) is 0 Å². The predicted molar refractivity (Wildman–Crippen MR) is 134 cm³/mol. The number of rotatable bonds is 9. The average molecular weight is 437 g/mol. The van der Waals surface area contributed by atoms with Crippen LogP contribution in [0.5, 0.6) is 0 Å². The first-order chi connectivity index (χ1) is 14.7. The summed E-state index contributed by atoms with van der Waals surface area (Å²) in [6.45, 7) is 8.40. The van der Waals surface area contributed by atoms with Gasteiger partial charge in [0.05, 0.1) is 0 Å². The number of benzene rings is 2. The molecule has 0 aliphatic rings. The Kier molecular flexibility index (Phi) is 9.91. The fraction of sp³-hybridized carbons (Fsp3) is 0.0909. The van der Waals surface area contributed by atoms with Crippen molar-refractivity contribution >= 4 is 46.1 Å². The van der Waals surface area contributed by atoms with Crippen molar-refractivity contribution in [2.75, 3.05) is 13.1 Å². The molecule has 0 unspecified atom stereocenters. The molecule has 0 bridgehead atoms. The Morgan fingerprint density at radius 3 is 1.40 bits per heavy atom. The van der Waals surface area contributed by atoms with Crippen LogP contribution in [0.1, 0.15) is 11.1 Å². The van der Waals surface area contributed by atoms with E-state index in [4.69, 9.17) is 24.4 Å². The molecular formula is C22H24N6S2. The fourth-order valence-electron chi connectivity index (χ4n) is 2.32. The van der Waals surface area contributed by atoms with Gasteiger partial charge in [0.1, 0.15) is 11.4 Å². The van der Waals surface area contributed by atoms with E-state index in [1.54, 1.807) is 12.2 Å². The van der Waals surface area contributed by atoms with Crippen LogP contribution < -0.4 is 21.5 Å². The molecule has 30 heavy (non-hydrogen) atoms. The lowest BCUT2D eigenvalue weighted by Gasteiger charge is -2.13. The molecular weight excluding hydrogens is 412 g/mol. The average Bonchev–Trinajstić information content (AvgIpc) is 2.79. The third kappa shape index (κ3) is 7.57. The monoisotopic (exact) mass is 436 g/mol. The van der Waals surface area contributed by atoms with Gasteiger partial charge in [0, 0.05) is 24.2 Å². The van der Waals surface area contributed by atoms with Crippen LogP contribution in [0.25, 0.3) is 0 Å². The summed E-state index contributed by atoms with van der Waals surface area (Å²) in [5, 5.41) is 15.8. The summed E-state index contributed by atoms with van der Waals surface area (Å²) in [6, 6.07) is 19.4. The van der Waals surface area contributed by atoms with Gasteiger partial charge in [0.15, 0.2) is 10.2 Å². The molecule has 0 atom stereocenters. The third-order valence-corrected chi connectivity index (χ3v) is 4.14. The number of thiocarbonyl (C=S) groups is 2. The van der Waals surface area contributed by atoms with E-state index in [-0.39, 0.29) is 0 Å². The van der Waals surface area contributed by atoms with Gasteiger partial charge in [-0.25, -0.2) is 0 Å². The van der Waals surface area contributed by atoms with Crippen LogP contribution in [-0.4, -0.2) is 34.7 Å². The Hall–Kier alpha value is -3.36. The van der Waals surface area contributed by atoms with E-state index in [9.17, 15) is 0 Å². The first-order valence-corrected chi connectivity index (χ1v) is 10.0. The molecule has 0 aliphatic carbocycles. The Bertz CT molecular complexity index is 846. The Labute approximate surface area is 187 Å². The zero-order valence-electron chi connectivity index (χ0n) is 16.5. The molecule has 0 amide bonds. The van der Waals surface area contributed by atoms with E-state index in [0.717, 1.165) is 11.1 Å². The molecule has 8 heteroatoms. The fourth-order valence-corrected chi connectivity index (χ4v) is 2.58. The second-order valence-corrected chi connectivity index (χ2v) is 6.69. The normalized spacial score (nSPS) is 11.2. The molecule has 0 saturated heterocycles. The van der Waals surface area contributed by atoms with Gasteiger partial charge in [0.2, 0.25) is 0 Å². The van der Waals surface area contributed by atoms with Crippen LogP contribution in [0.3, 0.4) is 0 Å². The van der Waals surface area contributed by atoms with E-state index in [1.807, 2.05) is 60.7 Å². The number of nitrogens with zero attached hydrogens (tertiary/aromatic N) is 2. The summed E-state index contributed by atoms with van der Waals surface area (Å²) < 4.78 is 0. The van der Waals surface area contributed by atoms with E-state index >= 15 is 0 Å². The van der Waals surface area contributed by atoms with Crippen LogP contribution >= 0.6 is 24.4 Å². The second kappa shape index (κ2) is 13.0. The highest BCUT2D eigenvalue weighted by Crippen LogP contribution is 2.10. The quantitative estimate of drug-likeness (QED) is 0.210. The summed E-state index contributed by atoms with van der Waals surface area (Å²) in [4.78, 5) is 0. The molecule has 154 valence electrons. The molecule has 0 heterocycles. The van der Waals surface area contributed by atoms with E-state index in [0.29, 0.717) is 34.7 Å². The molecule has 2 rings (SSSR count). The van der Waals surface area contributed by atoms with Crippen molar-refractivity contribution in [3.63, 3.8) is 0 Å². The number of hydrogen-bond donors (Lipinski definition) is 4. The molecule has 6 nitrogen and oxygen atoms in total. The van der Waals surface area contributed by atoms with Gasteiger partial charge in [-0.05, 0) is 24.4 Å². The van der Waals surface area contributed by atoms with Gasteiger partial charge in [-0.1, -0.05) is 72.8 Å². The van der Waals surface area contributed by atoms with Gasteiger partial charge < -0.3 is 10.6 Å². The van der Waals surface area contributed by atoms with Gasteiger partial charge in [0.25, 0.3) is 0 Å². The summed E-state index contributed by atoms with van der Waals surface area (Å²) in [6.07, 6.45) is 3.43. The first-order valence-electron chi connectivity index (χ1n) is 9.21. The Morgan fingerprint density at radius 1 is 0.700 bits per heavy atom. The van der Waals surface area contributed by atoms with E-state index in [2.05, 4.69) is 44.8 Å². The lowest BCUT2D eigenvalue weighted by Crippen LogP contribution is -2.35. The lowest BCUT2D eigenvalue weighted by molar-refractivity contribution is 0.932. The van der Waals surface area contributed by atoms with Crippen molar-refractivity contribution < 1.29 is 0 Å². The molecule has 0 aromatic heterocycles. The van der Waals surface area contributed by atoms with Crippen LogP contribution in [0.2, 0.25) is 0 Å². The van der Waals surface area contributed by atoms with Gasteiger partial charge in [-0.2, -0.15) is 10.2 Å². The van der Waals surface area contributed by atoms with E-state index in [1.165, 1.54) is 0 Å². The first kappa shape index (κ1) is 22.9. The van der Waals surface area contributed by atoms with Gasteiger partial charge >= 0.3 is 0 Å². The van der Waals surface area contributed by atoms with Crippen molar-refractivity contribution in [2.24, 2.45) is 10.2 Å². The minimum Gasteiger partial charge on any atom is -0.358 e. The van der Waals surface area contributed by atoms with Crippen molar-refractivity contribution in [3.8, 4) is 0 Å². The Balaban J connectivity index is 2.43. The van der Waals surface area contributed by atoms with Crippen molar-refractivity contribution in [2.45, 2.75) is 0 Å². The topological polar surface area (TPSA) is 72.8 Å². The molecule has 0 aliphatic heterocycles. The maximum atomic E-state index is 5.27. The second-order valence-electron chi connectivity index (χ2n) is 5.87. The van der Waals surface area contributed by atoms with Gasteiger partial charge in [-0.3, -0.25) is 10.9 Å². The molecule has 2 aromatic rings. The van der Waals surface area contributed by atoms with Crippen molar-refractivity contribution in [1.29, 1.82) is 0 Å². The van der Waals surface area contributed by atoms with Crippen molar-refractivity contribution in [1.82, 2.24) is 21.5 Å². The van der Waals surface area contributed by atoms with Crippen LogP contribution in [0.15, 0.2) is 96.2 Å². The highest BCUT2D eigenvalue weighted by Gasteiger charge is 2.15. The minimum atomic E-state index is 0.381. The number of nitrogens with one attached hydrogen (secondary N) is 4. The van der Waals surface area contributed by atoms with Crippen molar-refractivity contribution in [3.05, 3.63) is 97.1 Å². The molecule has 0 fully saturated rings. The SMILES string of the molecule is C=CCNC(=S)N/N=C(/C(=N/NC(=S)NCC=C)c1ccccc1)c1ccccc1.